The average molecular weight is 473 g/mol. The topological polar surface area (TPSA) is 91.0 Å². The van der Waals surface area contributed by atoms with Gasteiger partial charge in [0.25, 0.3) is 0 Å². The van der Waals surface area contributed by atoms with Crippen molar-refractivity contribution in [3.05, 3.63) is 29.3 Å². The lowest BCUT2D eigenvalue weighted by Crippen LogP contribution is -2.52. The number of nitrogens with one attached hydrogen (secondary N) is 2. The van der Waals surface area contributed by atoms with Crippen LogP contribution in [0.25, 0.3) is 0 Å². The molecule has 8 nitrogen and oxygen atoms in total. The number of carbonyl (C=O) groups excluding carboxylic acids is 3. The highest BCUT2D eigenvalue weighted by Gasteiger charge is 2.44. The quantitative estimate of drug-likeness (QED) is 0.687. The molecule has 2 saturated heterocycles. The summed E-state index contributed by atoms with van der Waals surface area (Å²) in [5.74, 6) is -0.334. The van der Waals surface area contributed by atoms with Gasteiger partial charge in [0.15, 0.2) is 0 Å². The number of piperidine rings is 1. The number of benzene rings is 1. The van der Waals surface area contributed by atoms with E-state index in [1.165, 1.54) is 12.5 Å². The van der Waals surface area contributed by atoms with Gasteiger partial charge in [-0.05, 0) is 70.9 Å². The SMILES string of the molecule is CC(=O)N[C@@H](COC(C)(C)C)C(=O)N1CCC2(CCN(C(=O)Nc3ccc(C)cc3C)CC2)C1. The number of nitrogens with zero attached hydrogens (tertiary/aromatic N) is 2. The van der Waals surface area contributed by atoms with Crippen molar-refractivity contribution in [1.82, 2.24) is 15.1 Å². The highest BCUT2D eigenvalue weighted by atomic mass is 16.5. The maximum Gasteiger partial charge on any atom is 0.321 e. The smallest absolute Gasteiger partial charge is 0.321 e. The molecule has 2 aliphatic rings. The number of ether oxygens (including phenoxy) is 1. The van der Waals surface area contributed by atoms with E-state index in [9.17, 15) is 14.4 Å². The van der Waals surface area contributed by atoms with E-state index in [0.717, 1.165) is 30.5 Å². The molecule has 1 aromatic rings. The Morgan fingerprint density at radius 3 is 2.24 bits per heavy atom. The molecule has 2 heterocycles. The van der Waals surface area contributed by atoms with Crippen molar-refractivity contribution in [2.24, 2.45) is 5.41 Å². The number of rotatable bonds is 5. The molecule has 1 atom stereocenters. The highest BCUT2D eigenvalue weighted by molar-refractivity contribution is 5.90. The van der Waals surface area contributed by atoms with Crippen LogP contribution in [0.4, 0.5) is 10.5 Å². The van der Waals surface area contributed by atoms with Crippen LogP contribution in [-0.4, -0.2) is 72.1 Å². The standard InChI is InChI=1S/C26H40N4O4/c1-18-7-8-21(19(2)15-18)28-24(33)29-12-9-26(10-13-29)11-14-30(17-26)23(32)22(27-20(3)31)16-34-25(4,5)6/h7-8,15,22H,9-14,16-17H2,1-6H3,(H,27,31)(H,28,33)/t22-/m0/s1. The minimum atomic E-state index is -0.685. The Labute approximate surface area is 203 Å². The molecule has 1 aromatic carbocycles. The van der Waals surface area contributed by atoms with Crippen molar-refractivity contribution in [3.8, 4) is 0 Å². The molecule has 2 N–H and O–H groups in total. The second kappa shape index (κ2) is 10.3. The molecule has 3 rings (SSSR count). The monoisotopic (exact) mass is 472 g/mol. The summed E-state index contributed by atoms with van der Waals surface area (Å²) in [5, 5.41) is 5.80. The maximum absolute atomic E-state index is 13.2. The van der Waals surface area contributed by atoms with Crippen LogP contribution in [0.1, 0.15) is 58.1 Å². The number of anilines is 1. The predicted molar refractivity (Wildman–Crippen MR) is 133 cm³/mol. The molecule has 0 unspecified atom stereocenters. The molecule has 4 amide bonds. The summed E-state index contributed by atoms with van der Waals surface area (Å²) in [6, 6.07) is 5.25. The van der Waals surface area contributed by atoms with Crippen LogP contribution in [0.3, 0.4) is 0 Å². The van der Waals surface area contributed by atoms with Crippen molar-refractivity contribution >= 4 is 23.5 Å². The van der Waals surface area contributed by atoms with E-state index in [1.807, 2.05) is 56.6 Å². The Morgan fingerprint density at radius 2 is 1.68 bits per heavy atom. The van der Waals surface area contributed by atoms with Crippen molar-refractivity contribution in [3.63, 3.8) is 0 Å². The van der Waals surface area contributed by atoms with Gasteiger partial charge in [0.1, 0.15) is 6.04 Å². The second-order valence-corrected chi connectivity index (χ2v) is 10.9. The van der Waals surface area contributed by atoms with E-state index in [-0.39, 0.29) is 29.9 Å². The first kappa shape index (κ1) is 26.0. The van der Waals surface area contributed by atoms with Gasteiger partial charge in [-0.3, -0.25) is 9.59 Å². The summed E-state index contributed by atoms with van der Waals surface area (Å²) in [6.45, 7) is 14.0. The van der Waals surface area contributed by atoms with Gasteiger partial charge in [-0.1, -0.05) is 17.7 Å². The van der Waals surface area contributed by atoms with Crippen LogP contribution in [0.5, 0.6) is 0 Å². The molecule has 2 aliphatic heterocycles. The van der Waals surface area contributed by atoms with Crippen LogP contribution in [0.15, 0.2) is 18.2 Å². The van der Waals surface area contributed by atoms with E-state index in [0.29, 0.717) is 26.2 Å². The van der Waals surface area contributed by atoms with Gasteiger partial charge in [-0.15, -0.1) is 0 Å². The van der Waals surface area contributed by atoms with E-state index >= 15 is 0 Å². The summed E-state index contributed by atoms with van der Waals surface area (Å²) in [5.41, 5.74) is 2.69. The third-order valence-corrected chi connectivity index (χ3v) is 6.84. The molecule has 0 saturated carbocycles. The number of likely N-dealkylation sites (tertiary alicyclic amines) is 2. The Balaban J connectivity index is 1.55. The molecular formula is C26H40N4O4. The Kier molecular flexibility index (Phi) is 7.91. The van der Waals surface area contributed by atoms with Gasteiger partial charge >= 0.3 is 6.03 Å². The van der Waals surface area contributed by atoms with Gasteiger partial charge in [0, 0.05) is 38.8 Å². The normalized spacial score (nSPS) is 18.6. The summed E-state index contributed by atoms with van der Waals surface area (Å²) >= 11 is 0. The summed E-state index contributed by atoms with van der Waals surface area (Å²) in [4.78, 5) is 41.4. The van der Waals surface area contributed by atoms with E-state index in [4.69, 9.17) is 4.74 Å². The maximum atomic E-state index is 13.2. The van der Waals surface area contributed by atoms with Crippen LogP contribution in [-0.2, 0) is 14.3 Å². The van der Waals surface area contributed by atoms with Crippen LogP contribution >= 0.6 is 0 Å². The molecule has 8 heteroatoms. The third-order valence-electron chi connectivity index (χ3n) is 6.84. The number of hydrogen-bond donors (Lipinski definition) is 2. The lowest BCUT2D eigenvalue weighted by atomic mass is 9.78. The molecule has 34 heavy (non-hydrogen) atoms. The Hall–Kier alpha value is -2.61. The molecule has 0 radical (unpaired) electrons. The van der Waals surface area contributed by atoms with Gasteiger partial charge in [-0.25, -0.2) is 4.79 Å². The lowest BCUT2D eigenvalue weighted by Gasteiger charge is -2.39. The number of carbonyl (C=O) groups is 3. The first-order chi connectivity index (χ1) is 15.9. The first-order valence-electron chi connectivity index (χ1n) is 12.2. The fraction of sp³-hybridized carbons (Fsp3) is 0.654. The Morgan fingerprint density at radius 1 is 1.06 bits per heavy atom. The molecule has 1 spiro atoms. The zero-order valence-electron chi connectivity index (χ0n) is 21.5. The van der Waals surface area contributed by atoms with E-state index in [1.54, 1.807) is 0 Å². The summed E-state index contributed by atoms with van der Waals surface area (Å²) < 4.78 is 5.80. The zero-order valence-corrected chi connectivity index (χ0v) is 21.5. The number of urea groups is 1. The molecule has 0 aromatic heterocycles. The summed E-state index contributed by atoms with van der Waals surface area (Å²) in [6.07, 6.45) is 2.64. The highest BCUT2D eigenvalue weighted by Crippen LogP contribution is 2.40. The minimum absolute atomic E-state index is 0.0257. The third kappa shape index (κ3) is 6.72. The van der Waals surface area contributed by atoms with Crippen molar-refractivity contribution in [1.29, 1.82) is 0 Å². The van der Waals surface area contributed by atoms with E-state index < -0.39 is 11.6 Å². The summed E-state index contributed by atoms with van der Waals surface area (Å²) in [7, 11) is 0. The molecule has 2 fully saturated rings. The first-order valence-corrected chi connectivity index (χ1v) is 12.2. The molecular weight excluding hydrogens is 432 g/mol. The lowest BCUT2D eigenvalue weighted by molar-refractivity contribution is -0.139. The molecule has 188 valence electrons. The minimum Gasteiger partial charge on any atom is -0.373 e. The van der Waals surface area contributed by atoms with Crippen LogP contribution in [0, 0.1) is 19.3 Å². The fourth-order valence-electron chi connectivity index (χ4n) is 4.84. The van der Waals surface area contributed by atoms with Crippen LogP contribution < -0.4 is 10.6 Å². The Bertz CT molecular complexity index is 916. The number of aryl methyl sites for hydroxylation is 2. The van der Waals surface area contributed by atoms with Crippen molar-refractivity contribution < 1.29 is 19.1 Å². The molecule has 0 aliphatic carbocycles. The number of amides is 4. The predicted octanol–water partition coefficient (Wildman–Crippen LogP) is 3.47. The van der Waals surface area contributed by atoms with Crippen molar-refractivity contribution in [2.75, 3.05) is 38.1 Å². The van der Waals surface area contributed by atoms with Crippen molar-refractivity contribution in [2.45, 2.75) is 72.4 Å². The van der Waals surface area contributed by atoms with E-state index in [2.05, 4.69) is 16.7 Å². The average Bonchev–Trinajstić information content (AvgIpc) is 3.15. The van der Waals surface area contributed by atoms with Gasteiger partial charge in [-0.2, -0.15) is 0 Å². The van der Waals surface area contributed by atoms with Crippen LogP contribution in [0.2, 0.25) is 0 Å². The van der Waals surface area contributed by atoms with Gasteiger partial charge < -0.3 is 25.2 Å². The second-order valence-electron chi connectivity index (χ2n) is 10.9. The fourth-order valence-corrected chi connectivity index (χ4v) is 4.84. The number of hydrogen-bond acceptors (Lipinski definition) is 4. The largest absolute Gasteiger partial charge is 0.373 e. The zero-order chi connectivity index (χ0) is 25.1. The van der Waals surface area contributed by atoms with Gasteiger partial charge in [0.05, 0.1) is 12.2 Å². The molecule has 0 bridgehead atoms. The van der Waals surface area contributed by atoms with Gasteiger partial charge in [0.2, 0.25) is 11.8 Å².